The highest BCUT2D eigenvalue weighted by atomic mass is 16.7. The number of aromatic hydroxyl groups is 1. The Hall–Kier alpha value is -1.84. The van der Waals surface area contributed by atoms with Gasteiger partial charge in [0.05, 0.1) is 12.1 Å². The molecule has 0 amide bonds. The maximum absolute atomic E-state index is 11.7. The Morgan fingerprint density at radius 3 is 2.79 bits per heavy atom. The van der Waals surface area contributed by atoms with E-state index in [-0.39, 0.29) is 17.6 Å². The van der Waals surface area contributed by atoms with E-state index in [0.717, 1.165) is 36.8 Å². The fourth-order valence-corrected chi connectivity index (χ4v) is 2.31. The highest BCUT2D eigenvalue weighted by Gasteiger charge is 2.22. The summed E-state index contributed by atoms with van der Waals surface area (Å²) in [5, 5.41) is 13.1. The first-order chi connectivity index (χ1) is 9.16. The normalized spacial score (nSPS) is 16.7. The standard InChI is InChI=1S/C15H19NO3/c1-11-9-12(7-8-14(11)17)10-16-19-15(18)13-5-3-2-4-6-13/h7-10,13,17H,2-6H2,1H3/b16-10+. The van der Waals surface area contributed by atoms with Crippen LogP contribution in [0.3, 0.4) is 0 Å². The van der Waals surface area contributed by atoms with E-state index < -0.39 is 0 Å². The molecule has 0 spiro atoms. The van der Waals surface area contributed by atoms with Gasteiger partial charge in [-0.3, -0.25) is 0 Å². The molecule has 0 aliphatic heterocycles. The Morgan fingerprint density at radius 1 is 1.37 bits per heavy atom. The van der Waals surface area contributed by atoms with Crippen LogP contribution in [-0.2, 0) is 9.63 Å². The van der Waals surface area contributed by atoms with Crippen LogP contribution in [0.25, 0.3) is 0 Å². The lowest BCUT2D eigenvalue weighted by Crippen LogP contribution is -2.18. The molecule has 4 nitrogen and oxygen atoms in total. The second kappa shape index (κ2) is 6.36. The fraction of sp³-hybridized carbons (Fsp3) is 0.467. The van der Waals surface area contributed by atoms with Gasteiger partial charge in [0.2, 0.25) is 0 Å². The molecule has 1 fully saturated rings. The maximum atomic E-state index is 11.7. The van der Waals surface area contributed by atoms with Crippen LogP contribution >= 0.6 is 0 Å². The summed E-state index contributed by atoms with van der Waals surface area (Å²) < 4.78 is 0. The minimum atomic E-state index is -0.230. The van der Waals surface area contributed by atoms with Crippen molar-refractivity contribution in [3.63, 3.8) is 0 Å². The summed E-state index contributed by atoms with van der Waals surface area (Å²) in [5.41, 5.74) is 1.56. The Kier molecular flexibility index (Phi) is 4.55. The molecule has 0 radical (unpaired) electrons. The van der Waals surface area contributed by atoms with E-state index in [0.29, 0.717) is 0 Å². The Morgan fingerprint density at radius 2 is 2.11 bits per heavy atom. The van der Waals surface area contributed by atoms with Crippen molar-refractivity contribution < 1.29 is 14.7 Å². The summed E-state index contributed by atoms with van der Waals surface area (Å²) in [4.78, 5) is 16.7. The predicted molar refractivity (Wildman–Crippen MR) is 73.1 cm³/mol. The number of hydrogen-bond acceptors (Lipinski definition) is 4. The molecule has 0 bridgehead atoms. The van der Waals surface area contributed by atoms with Crippen LogP contribution < -0.4 is 0 Å². The quantitative estimate of drug-likeness (QED) is 0.516. The number of nitrogens with zero attached hydrogens (tertiary/aromatic N) is 1. The minimum absolute atomic E-state index is 0.00690. The van der Waals surface area contributed by atoms with Crippen LogP contribution in [0.4, 0.5) is 0 Å². The maximum Gasteiger partial charge on any atom is 0.338 e. The van der Waals surface area contributed by atoms with Crippen molar-refractivity contribution in [3.05, 3.63) is 29.3 Å². The van der Waals surface area contributed by atoms with Crippen LogP contribution in [0, 0.1) is 12.8 Å². The Labute approximate surface area is 113 Å². The zero-order chi connectivity index (χ0) is 13.7. The SMILES string of the molecule is Cc1cc(/C=N/OC(=O)C2CCCCC2)ccc1O. The van der Waals surface area contributed by atoms with Crippen LogP contribution in [0.5, 0.6) is 5.75 Å². The van der Waals surface area contributed by atoms with Crippen molar-refractivity contribution in [2.24, 2.45) is 11.1 Å². The zero-order valence-electron chi connectivity index (χ0n) is 11.1. The summed E-state index contributed by atoms with van der Waals surface area (Å²) in [5.74, 6) is 0.0234. The summed E-state index contributed by atoms with van der Waals surface area (Å²) in [6.45, 7) is 1.81. The molecule has 1 N–H and O–H groups in total. The molecule has 1 aromatic rings. The van der Waals surface area contributed by atoms with Crippen molar-refractivity contribution in [1.29, 1.82) is 0 Å². The van der Waals surface area contributed by atoms with Gasteiger partial charge in [-0.15, -0.1) is 0 Å². The molecule has 2 rings (SSSR count). The van der Waals surface area contributed by atoms with Crippen molar-refractivity contribution in [1.82, 2.24) is 0 Å². The summed E-state index contributed by atoms with van der Waals surface area (Å²) in [6.07, 6.45) is 6.72. The van der Waals surface area contributed by atoms with E-state index in [9.17, 15) is 9.90 Å². The number of phenols is 1. The number of rotatable bonds is 3. The fourth-order valence-electron chi connectivity index (χ4n) is 2.31. The number of benzene rings is 1. The van der Waals surface area contributed by atoms with E-state index in [4.69, 9.17) is 4.84 Å². The second-order valence-electron chi connectivity index (χ2n) is 5.03. The Bertz CT molecular complexity index is 476. The lowest BCUT2D eigenvalue weighted by atomic mass is 9.89. The highest BCUT2D eigenvalue weighted by molar-refractivity contribution is 5.81. The lowest BCUT2D eigenvalue weighted by Gasteiger charge is -2.17. The molecule has 1 aliphatic rings. The van der Waals surface area contributed by atoms with E-state index in [1.165, 1.54) is 12.6 Å². The Balaban J connectivity index is 1.88. The summed E-state index contributed by atoms with van der Waals surface area (Å²) in [7, 11) is 0. The van der Waals surface area contributed by atoms with Crippen LogP contribution in [0.2, 0.25) is 0 Å². The van der Waals surface area contributed by atoms with E-state index in [1.807, 2.05) is 0 Å². The van der Waals surface area contributed by atoms with Gasteiger partial charge in [-0.1, -0.05) is 24.4 Å². The lowest BCUT2D eigenvalue weighted by molar-refractivity contribution is -0.149. The first-order valence-electron chi connectivity index (χ1n) is 6.70. The van der Waals surface area contributed by atoms with Gasteiger partial charge < -0.3 is 9.94 Å². The molecule has 0 atom stereocenters. The van der Waals surface area contributed by atoms with Gasteiger partial charge in [0, 0.05) is 0 Å². The molecule has 0 saturated heterocycles. The third kappa shape index (κ3) is 3.81. The zero-order valence-corrected chi connectivity index (χ0v) is 11.1. The topological polar surface area (TPSA) is 58.9 Å². The van der Waals surface area contributed by atoms with E-state index >= 15 is 0 Å². The molecule has 4 heteroatoms. The number of phenolic OH excluding ortho intramolecular Hbond substituents is 1. The number of carbonyl (C=O) groups excluding carboxylic acids is 1. The largest absolute Gasteiger partial charge is 0.508 e. The van der Waals surface area contributed by atoms with Crippen molar-refractivity contribution in [2.45, 2.75) is 39.0 Å². The number of carbonyl (C=O) groups is 1. The van der Waals surface area contributed by atoms with Crippen LogP contribution in [0.15, 0.2) is 23.4 Å². The first kappa shape index (κ1) is 13.6. The molecule has 1 aliphatic carbocycles. The van der Waals surface area contributed by atoms with Crippen molar-refractivity contribution >= 4 is 12.2 Å². The number of hydrogen-bond donors (Lipinski definition) is 1. The van der Waals surface area contributed by atoms with E-state index in [1.54, 1.807) is 25.1 Å². The van der Waals surface area contributed by atoms with Gasteiger partial charge in [0.25, 0.3) is 0 Å². The highest BCUT2D eigenvalue weighted by Crippen LogP contribution is 2.24. The van der Waals surface area contributed by atoms with Gasteiger partial charge >= 0.3 is 5.97 Å². The smallest absolute Gasteiger partial charge is 0.338 e. The first-order valence-corrected chi connectivity index (χ1v) is 6.70. The van der Waals surface area contributed by atoms with Gasteiger partial charge in [0.1, 0.15) is 5.75 Å². The molecule has 0 heterocycles. The molecule has 0 aromatic heterocycles. The molecule has 1 saturated carbocycles. The summed E-state index contributed by atoms with van der Waals surface area (Å²) in [6, 6.07) is 5.10. The molecule has 19 heavy (non-hydrogen) atoms. The molecule has 0 unspecified atom stereocenters. The van der Waals surface area contributed by atoms with Gasteiger partial charge in [-0.25, -0.2) is 4.79 Å². The average Bonchev–Trinajstić information content (AvgIpc) is 2.43. The predicted octanol–water partition coefficient (Wildman–Crippen LogP) is 3.16. The third-order valence-electron chi connectivity index (χ3n) is 3.50. The van der Waals surface area contributed by atoms with Crippen LogP contribution in [-0.4, -0.2) is 17.3 Å². The van der Waals surface area contributed by atoms with Gasteiger partial charge in [-0.2, -0.15) is 0 Å². The average molecular weight is 261 g/mol. The second-order valence-corrected chi connectivity index (χ2v) is 5.03. The van der Waals surface area contributed by atoms with Crippen molar-refractivity contribution in [2.75, 3.05) is 0 Å². The monoisotopic (exact) mass is 261 g/mol. The molecule has 102 valence electrons. The third-order valence-corrected chi connectivity index (χ3v) is 3.50. The van der Waals surface area contributed by atoms with Gasteiger partial charge in [0.15, 0.2) is 0 Å². The van der Waals surface area contributed by atoms with Crippen molar-refractivity contribution in [3.8, 4) is 5.75 Å². The number of oxime groups is 1. The molecular weight excluding hydrogens is 242 g/mol. The number of aryl methyl sites for hydroxylation is 1. The summed E-state index contributed by atoms with van der Waals surface area (Å²) >= 11 is 0. The molecule has 1 aromatic carbocycles. The minimum Gasteiger partial charge on any atom is -0.508 e. The van der Waals surface area contributed by atoms with Gasteiger partial charge in [-0.05, 0) is 49.1 Å². The molecular formula is C15H19NO3. The van der Waals surface area contributed by atoms with Crippen LogP contribution in [0.1, 0.15) is 43.2 Å². The van der Waals surface area contributed by atoms with E-state index in [2.05, 4.69) is 5.16 Å².